The van der Waals surface area contributed by atoms with Gasteiger partial charge in [0.1, 0.15) is 19.3 Å². The van der Waals surface area contributed by atoms with Crippen molar-refractivity contribution in [2.75, 3.05) is 39.6 Å². The van der Waals surface area contributed by atoms with Crippen molar-refractivity contribution in [2.24, 2.45) is 5.92 Å². The second-order valence-electron chi connectivity index (χ2n) is 33.9. The highest BCUT2D eigenvalue weighted by atomic mass is 31.2. The van der Waals surface area contributed by atoms with E-state index in [4.69, 9.17) is 37.0 Å². The van der Waals surface area contributed by atoms with Crippen LogP contribution in [-0.4, -0.2) is 96.7 Å². The number of ether oxygens (including phenoxy) is 4. The summed E-state index contributed by atoms with van der Waals surface area (Å²) in [6.07, 6.45) is 82.2. The summed E-state index contributed by atoms with van der Waals surface area (Å²) in [6, 6.07) is 0. The number of carbonyl (C=O) groups excluding carboxylic acids is 4. The molecular formula is C93H182O17P2. The number of hydrogen-bond acceptors (Lipinski definition) is 15. The third kappa shape index (κ3) is 85.9. The van der Waals surface area contributed by atoms with E-state index in [1.807, 2.05) is 0 Å². The summed E-state index contributed by atoms with van der Waals surface area (Å²) >= 11 is 0. The van der Waals surface area contributed by atoms with Crippen LogP contribution in [0, 0.1) is 5.92 Å². The molecular weight excluding hydrogens is 1450 g/mol. The van der Waals surface area contributed by atoms with E-state index in [9.17, 15) is 43.2 Å². The fourth-order valence-corrected chi connectivity index (χ4v) is 16.3. The zero-order valence-electron chi connectivity index (χ0n) is 73.8. The highest BCUT2D eigenvalue weighted by Gasteiger charge is 2.31. The van der Waals surface area contributed by atoms with Gasteiger partial charge in [0, 0.05) is 25.7 Å². The summed E-state index contributed by atoms with van der Waals surface area (Å²) < 4.78 is 69.1. The summed E-state index contributed by atoms with van der Waals surface area (Å²) in [5.74, 6) is -1.35. The lowest BCUT2D eigenvalue weighted by atomic mass is 10.0. The van der Waals surface area contributed by atoms with Crippen LogP contribution in [0.5, 0.6) is 0 Å². The standard InChI is InChI=1S/C93H182O17P2/c1-6-9-12-15-18-21-24-27-30-33-35-37-39-41-43-46-48-51-56-61-66-71-76-90(95)103-82-88(109-92(97)79-74-69-64-58-53-50-47-44-42-40-38-36-34-31-28-25-22-19-16-13-10-7-2)84-107-111(99,100)105-80-87(94)81-106-112(101,102)108-85-89(83-104-91(96)77-72-67-62-59-54-55-60-65-70-75-86(4)5)110-93(98)78-73-68-63-57-52-49-45-32-29-26-23-20-17-14-11-8-3/h86-89,94H,6-85H2,1-5H3,(H,99,100)(H,101,102)/t87-,88-,89-/m1/s1. The predicted octanol–water partition coefficient (Wildman–Crippen LogP) is 29.1. The van der Waals surface area contributed by atoms with Gasteiger partial charge < -0.3 is 33.8 Å². The number of aliphatic hydroxyl groups is 1. The molecule has 19 heteroatoms. The first-order chi connectivity index (χ1) is 54.5. The molecule has 0 fully saturated rings. The SMILES string of the molecule is CCCCCCCCCCCCCCCCCCCCCCCCC(=O)OC[C@H](COP(=O)(O)OC[C@@H](O)COP(=O)(O)OC[C@@H](COC(=O)CCCCCCCCCCCC(C)C)OC(=O)CCCCCCCCCCCCCCCCCC)OC(=O)CCCCCCCCCCCCCCCCCCCCCCCC. The molecule has 0 aliphatic heterocycles. The van der Waals surface area contributed by atoms with Crippen molar-refractivity contribution in [1.82, 2.24) is 0 Å². The second kappa shape index (κ2) is 85.5. The van der Waals surface area contributed by atoms with E-state index in [0.717, 1.165) is 95.8 Å². The molecule has 0 bridgehead atoms. The first kappa shape index (κ1) is 110. The van der Waals surface area contributed by atoms with Crippen LogP contribution in [0.15, 0.2) is 0 Å². The average Bonchev–Trinajstić information content (AvgIpc) is 0.900. The Bertz CT molecular complexity index is 2120. The monoisotopic (exact) mass is 1630 g/mol. The maximum absolute atomic E-state index is 13.2. The zero-order valence-corrected chi connectivity index (χ0v) is 75.6. The quantitative estimate of drug-likeness (QED) is 0.0222. The highest BCUT2D eigenvalue weighted by molar-refractivity contribution is 7.47. The van der Waals surface area contributed by atoms with Crippen molar-refractivity contribution < 1.29 is 80.2 Å². The maximum Gasteiger partial charge on any atom is 0.472 e. The van der Waals surface area contributed by atoms with Crippen molar-refractivity contribution in [1.29, 1.82) is 0 Å². The fourth-order valence-electron chi connectivity index (χ4n) is 14.7. The van der Waals surface area contributed by atoms with Gasteiger partial charge in [0.25, 0.3) is 0 Å². The first-order valence-corrected chi connectivity index (χ1v) is 51.1. The van der Waals surface area contributed by atoms with E-state index in [0.29, 0.717) is 25.7 Å². The number of rotatable bonds is 93. The molecule has 0 aromatic heterocycles. The molecule has 0 rings (SSSR count). The summed E-state index contributed by atoms with van der Waals surface area (Å²) in [5, 5.41) is 10.7. The van der Waals surface area contributed by atoms with Crippen LogP contribution >= 0.6 is 15.6 Å². The summed E-state index contributed by atoms with van der Waals surface area (Å²) in [6.45, 7) is 7.38. The van der Waals surface area contributed by atoms with Crippen LogP contribution in [0.1, 0.15) is 510 Å². The molecule has 17 nitrogen and oxygen atoms in total. The Morgan fingerprint density at radius 2 is 0.411 bits per heavy atom. The Morgan fingerprint density at radius 1 is 0.241 bits per heavy atom. The molecule has 0 aromatic rings. The van der Waals surface area contributed by atoms with Crippen molar-refractivity contribution in [3.8, 4) is 0 Å². The Morgan fingerprint density at radius 3 is 0.607 bits per heavy atom. The first-order valence-electron chi connectivity index (χ1n) is 48.1. The lowest BCUT2D eigenvalue weighted by molar-refractivity contribution is -0.161. The Balaban J connectivity index is 5.23. The third-order valence-electron chi connectivity index (χ3n) is 22.0. The lowest BCUT2D eigenvalue weighted by Gasteiger charge is -2.21. The summed E-state index contributed by atoms with van der Waals surface area (Å²) in [4.78, 5) is 73.5. The van der Waals surface area contributed by atoms with Crippen molar-refractivity contribution >= 4 is 39.5 Å². The van der Waals surface area contributed by atoms with Gasteiger partial charge in [-0.15, -0.1) is 0 Å². The van der Waals surface area contributed by atoms with Crippen LogP contribution in [0.25, 0.3) is 0 Å². The summed E-state index contributed by atoms with van der Waals surface area (Å²) in [5.41, 5.74) is 0. The van der Waals surface area contributed by atoms with Crippen LogP contribution in [0.4, 0.5) is 0 Å². The minimum absolute atomic E-state index is 0.109. The number of phosphoric acid groups is 2. The number of unbranched alkanes of at least 4 members (excludes halogenated alkanes) is 65. The molecule has 666 valence electrons. The molecule has 2 unspecified atom stereocenters. The molecule has 5 atom stereocenters. The molecule has 0 saturated carbocycles. The number of carbonyl (C=O) groups is 4. The van der Waals surface area contributed by atoms with E-state index < -0.39 is 97.5 Å². The van der Waals surface area contributed by atoms with E-state index in [-0.39, 0.29) is 25.7 Å². The topological polar surface area (TPSA) is 237 Å². The number of phosphoric ester groups is 2. The molecule has 0 aliphatic carbocycles. The maximum atomic E-state index is 13.2. The number of hydrogen-bond donors (Lipinski definition) is 3. The van der Waals surface area contributed by atoms with Gasteiger partial charge >= 0.3 is 39.5 Å². The van der Waals surface area contributed by atoms with Gasteiger partial charge in [-0.3, -0.25) is 37.3 Å². The van der Waals surface area contributed by atoms with Gasteiger partial charge in [-0.1, -0.05) is 458 Å². The molecule has 0 aromatic carbocycles. The van der Waals surface area contributed by atoms with Gasteiger partial charge in [-0.2, -0.15) is 0 Å². The summed E-state index contributed by atoms with van der Waals surface area (Å²) in [7, 11) is -9.94. The van der Waals surface area contributed by atoms with Crippen LogP contribution < -0.4 is 0 Å². The molecule has 0 radical (unpaired) electrons. The van der Waals surface area contributed by atoms with E-state index >= 15 is 0 Å². The second-order valence-corrected chi connectivity index (χ2v) is 36.8. The fraction of sp³-hybridized carbons (Fsp3) is 0.957. The van der Waals surface area contributed by atoms with Gasteiger partial charge in [0.15, 0.2) is 12.2 Å². The normalized spacial score (nSPS) is 13.7. The van der Waals surface area contributed by atoms with Gasteiger partial charge in [0.2, 0.25) is 0 Å². The number of esters is 4. The van der Waals surface area contributed by atoms with Crippen molar-refractivity contribution in [2.45, 2.75) is 528 Å². The van der Waals surface area contributed by atoms with Gasteiger partial charge in [-0.25, -0.2) is 9.13 Å². The molecule has 0 heterocycles. The van der Waals surface area contributed by atoms with Crippen LogP contribution in [-0.2, 0) is 65.4 Å². The molecule has 0 spiro atoms. The third-order valence-corrected chi connectivity index (χ3v) is 23.9. The van der Waals surface area contributed by atoms with Gasteiger partial charge in [0.05, 0.1) is 26.4 Å². The van der Waals surface area contributed by atoms with Crippen molar-refractivity contribution in [3.05, 3.63) is 0 Å². The predicted molar refractivity (Wildman–Crippen MR) is 465 cm³/mol. The highest BCUT2D eigenvalue weighted by Crippen LogP contribution is 2.45. The van der Waals surface area contributed by atoms with E-state index in [1.54, 1.807) is 0 Å². The Labute approximate surface area is 689 Å². The van der Waals surface area contributed by atoms with Crippen LogP contribution in [0.3, 0.4) is 0 Å². The average molecular weight is 1630 g/mol. The Hall–Kier alpha value is -1.94. The van der Waals surface area contributed by atoms with Gasteiger partial charge in [-0.05, 0) is 31.6 Å². The molecule has 0 saturated heterocycles. The number of aliphatic hydroxyl groups excluding tert-OH is 1. The molecule has 3 N–H and O–H groups in total. The molecule has 112 heavy (non-hydrogen) atoms. The molecule has 0 aliphatic rings. The minimum atomic E-state index is -4.97. The lowest BCUT2D eigenvalue weighted by Crippen LogP contribution is -2.30. The zero-order chi connectivity index (χ0) is 81.8. The van der Waals surface area contributed by atoms with Crippen LogP contribution in [0.2, 0.25) is 0 Å². The minimum Gasteiger partial charge on any atom is -0.462 e. The molecule has 0 amide bonds. The van der Waals surface area contributed by atoms with E-state index in [2.05, 4.69) is 34.6 Å². The Kier molecular flexibility index (Phi) is 84.0. The van der Waals surface area contributed by atoms with Crippen molar-refractivity contribution in [3.63, 3.8) is 0 Å². The van der Waals surface area contributed by atoms with E-state index in [1.165, 1.54) is 334 Å². The largest absolute Gasteiger partial charge is 0.472 e. The smallest absolute Gasteiger partial charge is 0.462 e.